The lowest BCUT2D eigenvalue weighted by Gasteiger charge is -2.11. The maximum Gasteiger partial charge on any atom is 0.251 e. The van der Waals surface area contributed by atoms with E-state index in [0.717, 1.165) is 25.2 Å². The standard InChI is InChI=1S/C14H19NO3/c1-2-17-12-7-5-11(6-8-12)14(16)15-10-13-4-3-9-18-13/h5-8,13H,2-4,9-10H2,1H3,(H,15,16)/t13-/m1/s1. The number of benzene rings is 1. The van der Waals surface area contributed by atoms with E-state index in [2.05, 4.69) is 5.32 Å². The second-order valence-electron chi connectivity index (χ2n) is 4.30. The number of carbonyl (C=O) groups is 1. The molecule has 4 nitrogen and oxygen atoms in total. The van der Waals surface area contributed by atoms with Crippen molar-refractivity contribution < 1.29 is 14.3 Å². The molecule has 1 amide bonds. The second kappa shape index (κ2) is 6.40. The van der Waals surface area contributed by atoms with Crippen LogP contribution in [0.15, 0.2) is 24.3 Å². The molecule has 4 heteroatoms. The second-order valence-corrected chi connectivity index (χ2v) is 4.30. The molecule has 0 saturated carbocycles. The molecular formula is C14H19NO3. The summed E-state index contributed by atoms with van der Waals surface area (Å²) >= 11 is 0. The van der Waals surface area contributed by atoms with Crippen molar-refractivity contribution in [3.8, 4) is 5.75 Å². The van der Waals surface area contributed by atoms with Gasteiger partial charge in [-0.2, -0.15) is 0 Å². The number of carbonyl (C=O) groups excluding carboxylic acids is 1. The minimum absolute atomic E-state index is 0.0615. The summed E-state index contributed by atoms with van der Waals surface area (Å²) in [4.78, 5) is 11.9. The molecule has 0 aliphatic carbocycles. The fraction of sp³-hybridized carbons (Fsp3) is 0.500. The fourth-order valence-corrected chi connectivity index (χ4v) is 1.98. The predicted molar refractivity (Wildman–Crippen MR) is 68.9 cm³/mol. The molecule has 1 aliphatic heterocycles. The van der Waals surface area contributed by atoms with Crippen LogP contribution in [0.2, 0.25) is 0 Å². The Morgan fingerprint density at radius 1 is 1.44 bits per heavy atom. The molecule has 0 spiro atoms. The van der Waals surface area contributed by atoms with E-state index in [9.17, 15) is 4.79 Å². The summed E-state index contributed by atoms with van der Waals surface area (Å²) in [6.45, 7) is 3.96. The SMILES string of the molecule is CCOc1ccc(C(=O)NC[C@H]2CCCO2)cc1. The number of nitrogens with one attached hydrogen (secondary N) is 1. The van der Waals surface area contributed by atoms with E-state index in [1.54, 1.807) is 12.1 Å². The van der Waals surface area contributed by atoms with Crippen molar-refractivity contribution in [3.63, 3.8) is 0 Å². The molecule has 0 unspecified atom stereocenters. The Balaban J connectivity index is 1.83. The van der Waals surface area contributed by atoms with Crippen LogP contribution in [0.4, 0.5) is 0 Å². The molecule has 1 aliphatic rings. The topological polar surface area (TPSA) is 47.6 Å². The number of amides is 1. The van der Waals surface area contributed by atoms with Crippen molar-refractivity contribution in [1.29, 1.82) is 0 Å². The van der Waals surface area contributed by atoms with Gasteiger partial charge in [0.25, 0.3) is 5.91 Å². The molecule has 1 heterocycles. The zero-order chi connectivity index (χ0) is 12.8. The van der Waals surface area contributed by atoms with E-state index >= 15 is 0 Å². The molecule has 1 fully saturated rings. The number of hydrogen-bond acceptors (Lipinski definition) is 3. The van der Waals surface area contributed by atoms with Gasteiger partial charge in [-0.15, -0.1) is 0 Å². The van der Waals surface area contributed by atoms with Crippen molar-refractivity contribution in [3.05, 3.63) is 29.8 Å². The van der Waals surface area contributed by atoms with Crippen LogP contribution < -0.4 is 10.1 Å². The van der Waals surface area contributed by atoms with Crippen LogP contribution in [0.5, 0.6) is 5.75 Å². The maximum atomic E-state index is 11.9. The van der Waals surface area contributed by atoms with Gasteiger partial charge < -0.3 is 14.8 Å². The molecular weight excluding hydrogens is 230 g/mol. The smallest absolute Gasteiger partial charge is 0.251 e. The van der Waals surface area contributed by atoms with Gasteiger partial charge in [-0.3, -0.25) is 4.79 Å². The molecule has 1 atom stereocenters. The van der Waals surface area contributed by atoms with E-state index in [1.165, 1.54) is 0 Å². The van der Waals surface area contributed by atoms with Crippen molar-refractivity contribution in [2.75, 3.05) is 19.8 Å². The summed E-state index contributed by atoms with van der Waals surface area (Å²) < 4.78 is 10.8. The molecule has 2 rings (SSSR count). The van der Waals surface area contributed by atoms with E-state index in [-0.39, 0.29) is 12.0 Å². The highest BCUT2D eigenvalue weighted by Crippen LogP contribution is 2.13. The van der Waals surface area contributed by atoms with E-state index in [4.69, 9.17) is 9.47 Å². The molecule has 98 valence electrons. The third kappa shape index (κ3) is 3.47. The van der Waals surface area contributed by atoms with Crippen molar-refractivity contribution >= 4 is 5.91 Å². The molecule has 0 aromatic heterocycles. The van der Waals surface area contributed by atoms with Gasteiger partial charge in [0.05, 0.1) is 12.7 Å². The summed E-state index contributed by atoms with van der Waals surface area (Å²) in [6.07, 6.45) is 2.30. The van der Waals surface area contributed by atoms with Gasteiger partial charge >= 0.3 is 0 Å². The first-order valence-electron chi connectivity index (χ1n) is 6.42. The first-order chi connectivity index (χ1) is 8.79. The van der Waals surface area contributed by atoms with Crippen LogP contribution in [0.3, 0.4) is 0 Å². The summed E-state index contributed by atoms with van der Waals surface area (Å²) in [5, 5.41) is 2.89. The lowest BCUT2D eigenvalue weighted by atomic mass is 10.2. The van der Waals surface area contributed by atoms with Crippen LogP contribution in [0.25, 0.3) is 0 Å². The van der Waals surface area contributed by atoms with E-state index < -0.39 is 0 Å². The van der Waals surface area contributed by atoms with Crippen molar-refractivity contribution in [2.45, 2.75) is 25.9 Å². The van der Waals surface area contributed by atoms with E-state index in [1.807, 2.05) is 19.1 Å². The van der Waals surface area contributed by atoms with Gasteiger partial charge in [0.2, 0.25) is 0 Å². The number of ether oxygens (including phenoxy) is 2. The fourth-order valence-electron chi connectivity index (χ4n) is 1.98. The zero-order valence-corrected chi connectivity index (χ0v) is 10.6. The van der Waals surface area contributed by atoms with Crippen molar-refractivity contribution in [1.82, 2.24) is 5.32 Å². The molecule has 1 N–H and O–H groups in total. The van der Waals surface area contributed by atoms with E-state index in [0.29, 0.717) is 18.7 Å². The number of hydrogen-bond donors (Lipinski definition) is 1. The Hall–Kier alpha value is -1.55. The maximum absolute atomic E-state index is 11.9. The summed E-state index contributed by atoms with van der Waals surface area (Å²) in [5.41, 5.74) is 0.649. The highest BCUT2D eigenvalue weighted by molar-refractivity contribution is 5.94. The largest absolute Gasteiger partial charge is 0.494 e. The van der Waals surface area contributed by atoms with Gasteiger partial charge in [0, 0.05) is 18.7 Å². The Bertz CT molecular complexity index is 383. The quantitative estimate of drug-likeness (QED) is 0.868. The van der Waals surface area contributed by atoms with Gasteiger partial charge in [0.15, 0.2) is 0 Å². The molecule has 0 bridgehead atoms. The molecule has 1 saturated heterocycles. The Kier molecular flexibility index (Phi) is 4.59. The zero-order valence-electron chi connectivity index (χ0n) is 10.6. The molecule has 1 aromatic carbocycles. The average molecular weight is 249 g/mol. The van der Waals surface area contributed by atoms with Gasteiger partial charge in [0.1, 0.15) is 5.75 Å². The Morgan fingerprint density at radius 3 is 2.83 bits per heavy atom. The highest BCUT2D eigenvalue weighted by Gasteiger charge is 2.16. The third-order valence-corrected chi connectivity index (χ3v) is 2.94. The first kappa shape index (κ1) is 12.9. The van der Waals surface area contributed by atoms with Crippen molar-refractivity contribution in [2.24, 2.45) is 0 Å². The monoisotopic (exact) mass is 249 g/mol. The Labute approximate surface area is 107 Å². The van der Waals surface area contributed by atoms with Gasteiger partial charge in [-0.1, -0.05) is 0 Å². The van der Waals surface area contributed by atoms with Crippen LogP contribution in [-0.4, -0.2) is 31.8 Å². The predicted octanol–water partition coefficient (Wildman–Crippen LogP) is 1.99. The number of rotatable bonds is 5. The molecule has 0 radical (unpaired) electrons. The lowest BCUT2D eigenvalue weighted by molar-refractivity contribution is 0.0858. The lowest BCUT2D eigenvalue weighted by Crippen LogP contribution is -2.31. The molecule has 18 heavy (non-hydrogen) atoms. The minimum atomic E-state index is -0.0615. The van der Waals surface area contributed by atoms with Crippen LogP contribution >= 0.6 is 0 Å². The minimum Gasteiger partial charge on any atom is -0.494 e. The highest BCUT2D eigenvalue weighted by atomic mass is 16.5. The first-order valence-corrected chi connectivity index (χ1v) is 6.42. The third-order valence-electron chi connectivity index (χ3n) is 2.94. The van der Waals surface area contributed by atoms with Gasteiger partial charge in [-0.05, 0) is 44.0 Å². The van der Waals surface area contributed by atoms with Gasteiger partial charge in [-0.25, -0.2) is 0 Å². The summed E-state index contributed by atoms with van der Waals surface area (Å²) in [7, 11) is 0. The Morgan fingerprint density at radius 2 is 2.22 bits per heavy atom. The summed E-state index contributed by atoms with van der Waals surface area (Å²) in [5.74, 6) is 0.724. The average Bonchev–Trinajstić information content (AvgIpc) is 2.90. The molecule has 1 aromatic rings. The summed E-state index contributed by atoms with van der Waals surface area (Å²) in [6, 6.07) is 7.17. The van der Waals surface area contributed by atoms with Crippen LogP contribution in [0, 0.1) is 0 Å². The normalized spacial score (nSPS) is 18.6. The van der Waals surface area contributed by atoms with Crippen LogP contribution in [0.1, 0.15) is 30.1 Å². The van der Waals surface area contributed by atoms with Crippen LogP contribution in [-0.2, 0) is 4.74 Å².